The van der Waals surface area contributed by atoms with Crippen LogP contribution in [0, 0.1) is 0 Å². The van der Waals surface area contributed by atoms with Crippen LogP contribution in [0.25, 0.3) is 0 Å². The molecule has 1 unspecified atom stereocenters. The average molecular weight is 285 g/mol. The maximum Gasteiger partial charge on any atom is 0.234 e. The van der Waals surface area contributed by atoms with Gasteiger partial charge in [-0.25, -0.2) is 0 Å². The normalized spacial score (nSPS) is 11.8. The van der Waals surface area contributed by atoms with Crippen LogP contribution in [-0.4, -0.2) is 25.5 Å². The van der Waals surface area contributed by atoms with E-state index in [9.17, 15) is 4.79 Å². The Balaban J connectivity index is 0.00000324. The molecule has 4 heteroatoms. The smallest absolute Gasteiger partial charge is 0.234 e. The van der Waals surface area contributed by atoms with Gasteiger partial charge in [-0.05, 0) is 37.4 Å². The average Bonchev–Trinajstić information content (AvgIpc) is 2.29. The van der Waals surface area contributed by atoms with Crippen LogP contribution < -0.4 is 10.6 Å². The third kappa shape index (κ3) is 6.60. The first-order valence-corrected chi connectivity index (χ1v) is 6.55. The zero-order valence-electron chi connectivity index (χ0n) is 12.2. The number of carbonyl (C=O) groups excluding carboxylic acids is 1. The molecule has 3 nitrogen and oxygen atoms in total. The van der Waals surface area contributed by atoms with Gasteiger partial charge in [0.1, 0.15) is 0 Å². The van der Waals surface area contributed by atoms with Crippen LogP contribution in [-0.2, 0) is 11.2 Å². The molecule has 0 aliphatic heterocycles. The van der Waals surface area contributed by atoms with Crippen molar-refractivity contribution < 1.29 is 4.79 Å². The molecule has 1 rings (SSSR count). The highest BCUT2D eigenvalue weighted by Crippen LogP contribution is 2.15. The zero-order chi connectivity index (χ0) is 13.5. The molecule has 19 heavy (non-hydrogen) atoms. The van der Waals surface area contributed by atoms with Gasteiger partial charge in [0, 0.05) is 6.04 Å². The van der Waals surface area contributed by atoms with Crippen molar-refractivity contribution in [2.75, 3.05) is 13.6 Å². The fourth-order valence-corrected chi connectivity index (χ4v) is 1.93. The summed E-state index contributed by atoms with van der Waals surface area (Å²) < 4.78 is 0. The Morgan fingerprint density at radius 1 is 1.16 bits per heavy atom. The lowest BCUT2D eigenvalue weighted by atomic mass is 9.99. The minimum Gasteiger partial charge on any atom is -0.352 e. The van der Waals surface area contributed by atoms with Crippen molar-refractivity contribution in [1.29, 1.82) is 0 Å². The molecule has 0 saturated heterocycles. The van der Waals surface area contributed by atoms with Crippen LogP contribution in [0.5, 0.6) is 0 Å². The molecule has 1 aromatic carbocycles. The summed E-state index contributed by atoms with van der Waals surface area (Å²) in [6.07, 6.45) is 0.869. The molecule has 0 aromatic heterocycles. The number of likely N-dealkylation sites (N-methyl/N-ethyl adjacent to an activating group) is 1. The Morgan fingerprint density at radius 2 is 1.74 bits per heavy atom. The van der Waals surface area contributed by atoms with Gasteiger partial charge >= 0.3 is 0 Å². The molecule has 0 spiro atoms. The van der Waals surface area contributed by atoms with Crippen molar-refractivity contribution in [1.82, 2.24) is 10.6 Å². The van der Waals surface area contributed by atoms with E-state index < -0.39 is 0 Å². The SMILES string of the molecule is CNCC(=O)NC(C)Cc1ccc(C(C)C)cc1.Cl. The fraction of sp³-hybridized carbons (Fsp3) is 0.533. The molecule has 0 fully saturated rings. The van der Waals surface area contributed by atoms with Gasteiger partial charge in [-0.15, -0.1) is 12.4 Å². The van der Waals surface area contributed by atoms with Gasteiger partial charge in [0.05, 0.1) is 6.54 Å². The van der Waals surface area contributed by atoms with Crippen molar-refractivity contribution in [2.24, 2.45) is 0 Å². The Bertz CT molecular complexity index is 376. The van der Waals surface area contributed by atoms with Crippen LogP contribution >= 0.6 is 12.4 Å². The summed E-state index contributed by atoms with van der Waals surface area (Å²) >= 11 is 0. The van der Waals surface area contributed by atoms with Crippen molar-refractivity contribution in [2.45, 2.75) is 39.2 Å². The Labute approximate surface area is 122 Å². The van der Waals surface area contributed by atoms with E-state index in [0.717, 1.165) is 6.42 Å². The number of benzene rings is 1. The minimum atomic E-state index is 0. The van der Waals surface area contributed by atoms with Crippen LogP contribution in [0.2, 0.25) is 0 Å². The Morgan fingerprint density at radius 3 is 2.21 bits per heavy atom. The number of halogens is 1. The predicted octanol–water partition coefficient (Wildman–Crippen LogP) is 2.50. The number of hydrogen-bond acceptors (Lipinski definition) is 2. The first-order valence-electron chi connectivity index (χ1n) is 6.55. The van der Waals surface area contributed by atoms with E-state index in [1.807, 2.05) is 6.92 Å². The van der Waals surface area contributed by atoms with E-state index in [0.29, 0.717) is 12.5 Å². The van der Waals surface area contributed by atoms with Crippen molar-refractivity contribution >= 4 is 18.3 Å². The summed E-state index contributed by atoms with van der Waals surface area (Å²) in [5, 5.41) is 5.81. The summed E-state index contributed by atoms with van der Waals surface area (Å²) in [6.45, 7) is 6.78. The highest BCUT2D eigenvalue weighted by molar-refractivity contribution is 5.85. The van der Waals surface area contributed by atoms with E-state index in [4.69, 9.17) is 0 Å². The molecule has 108 valence electrons. The third-order valence-corrected chi connectivity index (χ3v) is 2.93. The lowest BCUT2D eigenvalue weighted by Crippen LogP contribution is -2.39. The molecule has 1 amide bonds. The molecule has 1 atom stereocenters. The van der Waals surface area contributed by atoms with Gasteiger partial charge in [0.15, 0.2) is 0 Å². The van der Waals surface area contributed by atoms with Crippen LogP contribution in [0.1, 0.15) is 37.8 Å². The van der Waals surface area contributed by atoms with Crippen LogP contribution in [0.3, 0.4) is 0 Å². The summed E-state index contributed by atoms with van der Waals surface area (Å²) in [5.41, 5.74) is 2.61. The lowest BCUT2D eigenvalue weighted by Gasteiger charge is -2.14. The van der Waals surface area contributed by atoms with Crippen molar-refractivity contribution in [3.63, 3.8) is 0 Å². The topological polar surface area (TPSA) is 41.1 Å². The summed E-state index contributed by atoms with van der Waals surface area (Å²) in [4.78, 5) is 11.4. The highest BCUT2D eigenvalue weighted by atomic mass is 35.5. The standard InChI is InChI=1S/C15H24N2O.ClH/c1-11(2)14-7-5-13(6-8-14)9-12(3)17-15(18)10-16-4;/h5-8,11-12,16H,9-10H2,1-4H3,(H,17,18);1H. The van der Waals surface area contributed by atoms with Gasteiger partial charge in [0.2, 0.25) is 5.91 Å². The van der Waals surface area contributed by atoms with E-state index in [-0.39, 0.29) is 24.4 Å². The second-order valence-electron chi connectivity index (χ2n) is 5.10. The maximum atomic E-state index is 11.4. The number of amides is 1. The van der Waals surface area contributed by atoms with Gasteiger partial charge in [-0.2, -0.15) is 0 Å². The predicted molar refractivity (Wildman–Crippen MR) is 83.0 cm³/mol. The van der Waals surface area contributed by atoms with E-state index in [1.165, 1.54) is 11.1 Å². The minimum absolute atomic E-state index is 0. The molecule has 0 saturated carbocycles. The van der Waals surface area contributed by atoms with Gasteiger partial charge in [-0.3, -0.25) is 4.79 Å². The monoisotopic (exact) mass is 284 g/mol. The van der Waals surface area contributed by atoms with Crippen LogP contribution in [0.4, 0.5) is 0 Å². The number of carbonyl (C=O) groups is 1. The Hall–Kier alpha value is -1.06. The molecular weight excluding hydrogens is 260 g/mol. The molecule has 0 aliphatic rings. The summed E-state index contributed by atoms with van der Waals surface area (Å²) in [6, 6.07) is 8.80. The molecule has 0 heterocycles. The maximum absolute atomic E-state index is 11.4. The summed E-state index contributed by atoms with van der Waals surface area (Å²) in [7, 11) is 1.77. The molecule has 0 radical (unpaired) electrons. The summed E-state index contributed by atoms with van der Waals surface area (Å²) in [5.74, 6) is 0.607. The second-order valence-corrected chi connectivity index (χ2v) is 5.10. The lowest BCUT2D eigenvalue weighted by molar-refractivity contribution is -0.120. The van der Waals surface area contributed by atoms with Crippen molar-refractivity contribution in [3.05, 3.63) is 35.4 Å². The molecule has 0 bridgehead atoms. The number of hydrogen-bond donors (Lipinski definition) is 2. The largest absolute Gasteiger partial charge is 0.352 e. The first-order chi connectivity index (χ1) is 8.52. The molecule has 2 N–H and O–H groups in total. The molecular formula is C15H25ClN2O. The third-order valence-electron chi connectivity index (χ3n) is 2.93. The fourth-order valence-electron chi connectivity index (χ4n) is 1.93. The van der Waals surface area contributed by atoms with E-state index >= 15 is 0 Å². The highest BCUT2D eigenvalue weighted by Gasteiger charge is 2.07. The van der Waals surface area contributed by atoms with Gasteiger partial charge in [0.25, 0.3) is 0 Å². The molecule has 1 aromatic rings. The van der Waals surface area contributed by atoms with Gasteiger partial charge in [-0.1, -0.05) is 38.1 Å². The molecule has 0 aliphatic carbocycles. The van der Waals surface area contributed by atoms with E-state index in [2.05, 4.69) is 48.7 Å². The zero-order valence-corrected chi connectivity index (χ0v) is 13.0. The van der Waals surface area contributed by atoms with Crippen molar-refractivity contribution in [3.8, 4) is 0 Å². The van der Waals surface area contributed by atoms with E-state index in [1.54, 1.807) is 7.05 Å². The Kier molecular flexibility index (Phi) is 8.44. The number of rotatable bonds is 6. The van der Waals surface area contributed by atoms with Crippen LogP contribution in [0.15, 0.2) is 24.3 Å². The number of nitrogens with one attached hydrogen (secondary N) is 2. The van der Waals surface area contributed by atoms with Gasteiger partial charge < -0.3 is 10.6 Å². The quantitative estimate of drug-likeness (QED) is 0.843. The second kappa shape index (κ2) is 8.94. The first kappa shape index (κ1) is 17.9.